The SMILES string of the molecule is CCN1C[C@@H](CN(C)C(=O)NC[C@H]2CCOC2)Oc2ccccc21. The molecule has 1 saturated heterocycles. The number of hydrogen-bond donors (Lipinski definition) is 1. The number of nitrogens with one attached hydrogen (secondary N) is 1. The van der Waals surface area contributed by atoms with E-state index in [1.165, 1.54) is 0 Å². The topological polar surface area (TPSA) is 54.0 Å². The van der Waals surface area contributed by atoms with Gasteiger partial charge in [0.15, 0.2) is 0 Å². The van der Waals surface area contributed by atoms with E-state index < -0.39 is 0 Å². The van der Waals surface area contributed by atoms with Crippen LogP contribution in [0.2, 0.25) is 0 Å². The minimum Gasteiger partial charge on any atom is -0.485 e. The fourth-order valence-electron chi connectivity index (χ4n) is 3.27. The van der Waals surface area contributed by atoms with Crippen LogP contribution in [0.4, 0.5) is 10.5 Å². The van der Waals surface area contributed by atoms with Gasteiger partial charge in [0, 0.05) is 32.7 Å². The molecule has 24 heavy (non-hydrogen) atoms. The number of ether oxygens (including phenoxy) is 2. The number of fused-ring (bicyclic) bond motifs is 1. The van der Waals surface area contributed by atoms with Gasteiger partial charge < -0.3 is 24.6 Å². The number of amides is 2. The summed E-state index contributed by atoms with van der Waals surface area (Å²) in [7, 11) is 1.82. The highest BCUT2D eigenvalue weighted by Crippen LogP contribution is 2.32. The van der Waals surface area contributed by atoms with Gasteiger partial charge in [0.2, 0.25) is 0 Å². The summed E-state index contributed by atoms with van der Waals surface area (Å²) in [6.07, 6.45) is 1.00. The average Bonchev–Trinajstić information content (AvgIpc) is 3.12. The molecule has 1 fully saturated rings. The zero-order chi connectivity index (χ0) is 16.9. The molecular weight excluding hydrogens is 306 g/mol. The summed E-state index contributed by atoms with van der Waals surface area (Å²) < 4.78 is 11.4. The minimum atomic E-state index is -0.0487. The second kappa shape index (κ2) is 7.75. The number of urea groups is 1. The molecule has 0 bridgehead atoms. The Bertz CT molecular complexity index is 560. The first-order valence-corrected chi connectivity index (χ1v) is 8.74. The zero-order valence-corrected chi connectivity index (χ0v) is 14.5. The number of benzene rings is 1. The molecule has 0 saturated carbocycles. The number of nitrogens with zero attached hydrogens (tertiary/aromatic N) is 2. The lowest BCUT2D eigenvalue weighted by molar-refractivity contribution is 0.144. The molecule has 132 valence electrons. The number of rotatable bonds is 5. The minimum absolute atomic E-state index is 0.0228. The van der Waals surface area contributed by atoms with Gasteiger partial charge in [-0.15, -0.1) is 0 Å². The Balaban J connectivity index is 1.52. The normalized spacial score (nSPS) is 22.7. The Morgan fingerprint density at radius 1 is 1.42 bits per heavy atom. The molecule has 2 heterocycles. The maximum atomic E-state index is 12.3. The fraction of sp³-hybridized carbons (Fsp3) is 0.611. The van der Waals surface area contributed by atoms with Crippen LogP contribution < -0.4 is 15.0 Å². The monoisotopic (exact) mass is 333 g/mol. The first kappa shape index (κ1) is 16.9. The molecule has 2 aliphatic rings. The molecule has 0 aliphatic carbocycles. The second-order valence-electron chi connectivity index (χ2n) is 6.54. The Morgan fingerprint density at radius 2 is 2.25 bits per heavy atom. The lowest BCUT2D eigenvalue weighted by atomic mass is 10.1. The summed E-state index contributed by atoms with van der Waals surface area (Å²) in [5, 5.41) is 3.00. The Hall–Kier alpha value is -1.95. The van der Waals surface area contributed by atoms with Crippen molar-refractivity contribution in [2.24, 2.45) is 5.92 Å². The van der Waals surface area contributed by atoms with Crippen LogP contribution in [0, 0.1) is 5.92 Å². The van der Waals surface area contributed by atoms with E-state index in [-0.39, 0.29) is 12.1 Å². The number of hydrogen-bond acceptors (Lipinski definition) is 4. The van der Waals surface area contributed by atoms with Crippen molar-refractivity contribution >= 4 is 11.7 Å². The summed E-state index contributed by atoms with van der Waals surface area (Å²) in [6.45, 7) is 6.66. The van der Waals surface area contributed by atoms with Crippen LogP contribution in [0.15, 0.2) is 24.3 Å². The predicted octanol–water partition coefficient (Wildman–Crippen LogP) is 1.95. The smallest absolute Gasteiger partial charge is 0.317 e. The summed E-state index contributed by atoms with van der Waals surface area (Å²) in [5.41, 5.74) is 1.13. The molecule has 6 nitrogen and oxygen atoms in total. The largest absolute Gasteiger partial charge is 0.485 e. The summed E-state index contributed by atoms with van der Waals surface area (Å²) in [4.78, 5) is 16.3. The highest BCUT2D eigenvalue weighted by molar-refractivity contribution is 5.74. The lowest BCUT2D eigenvalue weighted by Gasteiger charge is -2.37. The van der Waals surface area contributed by atoms with Crippen molar-refractivity contribution in [1.29, 1.82) is 0 Å². The van der Waals surface area contributed by atoms with Gasteiger partial charge in [0.05, 0.1) is 25.4 Å². The molecular formula is C18H27N3O3. The molecule has 0 spiro atoms. The van der Waals surface area contributed by atoms with E-state index in [4.69, 9.17) is 9.47 Å². The lowest BCUT2D eigenvalue weighted by Crippen LogP contribution is -2.49. The third kappa shape index (κ3) is 3.93. The third-order valence-corrected chi connectivity index (χ3v) is 4.70. The van der Waals surface area contributed by atoms with Crippen molar-refractivity contribution in [2.45, 2.75) is 19.4 Å². The first-order valence-electron chi connectivity index (χ1n) is 8.74. The fourth-order valence-corrected chi connectivity index (χ4v) is 3.27. The molecule has 2 amide bonds. The molecule has 3 rings (SSSR count). The molecule has 2 atom stereocenters. The molecule has 1 aromatic carbocycles. The number of carbonyl (C=O) groups is 1. The van der Waals surface area contributed by atoms with Crippen molar-refractivity contribution in [3.63, 3.8) is 0 Å². The number of carbonyl (C=O) groups excluding carboxylic acids is 1. The summed E-state index contributed by atoms with van der Waals surface area (Å²) in [5.74, 6) is 1.34. The van der Waals surface area contributed by atoms with E-state index in [9.17, 15) is 4.79 Å². The van der Waals surface area contributed by atoms with Crippen molar-refractivity contribution in [1.82, 2.24) is 10.2 Å². The van der Waals surface area contributed by atoms with Gasteiger partial charge in [0.25, 0.3) is 0 Å². The average molecular weight is 333 g/mol. The van der Waals surface area contributed by atoms with Crippen LogP contribution in [-0.2, 0) is 4.74 Å². The second-order valence-corrected chi connectivity index (χ2v) is 6.54. The molecule has 6 heteroatoms. The molecule has 0 aromatic heterocycles. The molecule has 1 aromatic rings. The molecule has 0 radical (unpaired) electrons. The van der Waals surface area contributed by atoms with Crippen LogP contribution in [-0.4, -0.2) is 63.5 Å². The number of anilines is 1. The van der Waals surface area contributed by atoms with Crippen LogP contribution in [0.1, 0.15) is 13.3 Å². The Labute approximate surface area is 143 Å². The van der Waals surface area contributed by atoms with Crippen molar-refractivity contribution in [2.75, 3.05) is 51.3 Å². The van der Waals surface area contributed by atoms with Gasteiger partial charge in [-0.05, 0) is 25.5 Å². The molecule has 1 N–H and O–H groups in total. The first-order chi connectivity index (χ1) is 11.7. The van der Waals surface area contributed by atoms with Crippen LogP contribution in [0.5, 0.6) is 5.75 Å². The van der Waals surface area contributed by atoms with Gasteiger partial charge in [0.1, 0.15) is 11.9 Å². The maximum Gasteiger partial charge on any atom is 0.317 e. The Kier molecular flexibility index (Phi) is 5.45. The van der Waals surface area contributed by atoms with E-state index >= 15 is 0 Å². The van der Waals surface area contributed by atoms with E-state index in [0.717, 1.165) is 44.2 Å². The van der Waals surface area contributed by atoms with Crippen LogP contribution >= 0.6 is 0 Å². The van der Waals surface area contributed by atoms with Crippen LogP contribution in [0.3, 0.4) is 0 Å². The standard InChI is InChI=1S/C18H27N3O3/c1-3-21-12-15(24-17-7-5-4-6-16(17)21)11-20(2)18(22)19-10-14-8-9-23-13-14/h4-7,14-15H,3,8-13H2,1-2H3,(H,19,22)/t14-,15-/m1/s1. The quantitative estimate of drug-likeness (QED) is 0.895. The Morgan fingerprint density at radius 3 is 3.00 bits per heavy atom. The van der Waals surface area contributed by atoms with E-state index in [0.29, 0.717) is 19.0 Å². The van der Waals surface area contributed by atoms with Crippen molar-refractivity contribution in [3.05, 3.63) is 24.3 Å². The van der Waals surface area contributed by atoms with Gasteiger partial charge in [-0.3, -0.25) is 0 Å². The van der Waals surface area contributed by atoms with E-state index in [1.807, 2.05) is 25.2 Å². The van der Waals surface area contributed by atoms with Gasteiger partial charge >= 0.3 is 6.03 Å². The van der Waals surface area contributed by atoms with Gasteiger partial charge in [-0.2, -0.15) is 0 Å². The van der Waals surface area contributed by atoms with Crippen LogP contribution in [0.25, 0.3) is 0 Å². The van der Waals surface area contributed by atoms with Gasteiger partial charge in [-0.1, -0.05) is 12.1 Å². The third-order valence-electron chi connectivity index (χ3n) is 4.70. The molecule has 2 aliphatic heterocycles. The predicted molar refractivity (Wildman–Crippen MR) is 93.7 cm³/mol. The number of para-hydroxylation sites is 2. The highest BCUT2D eigenvalue weighted by Gasteiger charge is 2.27. The highest BCUT2D eigenvalue weighted by atomic mass is 16.5. The summed E-state index contributed by atoms with van der Waals surface area (Å²) >= 11 is 0. The zero-order valence-electron chi connectivity index (χ0n) is 14.5. The van der Waals surface area contributed by atoms with Crippen molar-refractivity contribution < 1.29 is 14.3 Å². The molecule has 0 unspecified atom stereocenters. The summed E-state index contributed by atoms with van der Waals surface area (Å²) in [6, 6.07) is 8.03. The van der Waals surface area contributed by atoms with E-state index in [2.05, 4.69) is 23.2 Å². The maximum absolute atomic E-state index is 12.3. The van der Waals surface area contributed by atoms with Crippen molar-refractivity contribution in [3.8, 4) is 5.75 Å². The van der Waals surface area contributed by atoms with Gasteiger partial charge in [-0.25, -0.2) is 4.79 Å². The van der Waals surface area contributed by atoms with E-state index in [1.54, 1.807) is 4.90 Å². The number of likely N-dealkylation sites (N-methyl/N-ethyl adjacent to an activating group) is 2.